The second kappa shape index (κ2) is 10.1. The number of rotatable bonds is 6. The maximum Gasteiger partial charge on any atom is 0.189 e. The number of phenolic OH excluding ortho intramolecular Hbond substituents is 1. The summed E-state index contributed by atoms with van der Waals surface area (Å²) in [6.07, 6.45) is 2.50. The Morgan fingerprint density at radius 3 is 2.03 bits per heavy atom. The summed E-state index contributed by atoms with van der Waals surface area (Å²) in [6, 6.07) is 19.1. The monoisotopic (exact) mass is 470 g/mol. The molecule has 0 fully saturated rings. The van der Waals surface area contributed by atoms with Crippen molar-refractivity contribution in [1.82, 2.24) is 0 Å². The van der Waals surface area contributed by atoms with Crippen molar-refractivity contribution in [2.75, 3.05) is 0 Å². The van der Waals surface area contributed by atoms with E-state index in [4.69, 9.17) is 0 Å². The molecule has 0 saturated carbocycles. The van der Waals surface area contributed by atoms with E-state index in [9.17, 15) is 15.0 Å². The Hall–Kier alpha value is -3.33. The topological polar surface area (TPSA) is 57.5 Å². The summed E-state index contributed by atoms with van der Waals surface area (Å²) in [5, 5.41) is 21.6. The number of hydrogen-bond acceptors (Lipinski definition) is 3. The zero-order valence-corrected chi connectivity index (χ0v) is 22.1. The average Bonchev–Trinajstić information content (AvgIpc) is 2.77. The minimum absolute atomic E-state index is 0.0462. The van der Waals surface area contributed by atoms with E-state index in [1.54, 1.807) is 18.2 Å². The lowest BCUT2D eigenvalue weighted by Gasteiger charge is -2.27. The maximum absolute atomic E-state index is 13.1. The van der Waals surface area contributed by atoms with Gasteiger partial charge in [0.15, 0.2) is 5.78 Å². The lowest BCUT2D eigenvalue weighted by atomic mass is 9.78. The third kappa shape index (κ3) is 6.42. The van der Waals surface area contributed by atoms with Crippen molar-refractivity contribution in [3.8, 4) is 5.75 Å². The second-order valence-electron chi connectivity index (χ2n) is 11.4. The van der Waals surface area contributed by atoms with Crippen molar-refractivity contribution in [3.63, 3.8) is 0 Å². The molecule has 0 aliphatic rings. The number of carbonyl (C=O) groups is 1. The summed E-state index contributed by atoms with van der Waals surface area (Å²) >= 11 is 0. The highest BCUT2D eigenvalue weighted by molar-refractivity contribution is 6.08. The van der Waals surface area contributed by atoms with Gasteiger partial charge in [0, 0.05) is 17.2 Å². The Balaban J connectivity index is 1.91. The van der Waals surface area contributed by atoms with Gasteiger partial charge in [0.2, 0.25) is 0 Å². The first kappa shape index (κ1) is 26.3. The van der Waals surface area contributed by atoms with Gasteiger partial charge in [0.1, 0.15) is 11.5 Å². The van der Waals surface area contributed by atoms with Gasteiger partial charge < -0.3 is 10.2 Å². The highest BCUT2D eigenvalue weighted by atomic mass is 16.3. The Morgan fingerprint density at radius 1 is 0.829 bits per heavy atom. The first-order valence-electron chi connectivity index (χ1n) is 12.2. The van der Waals surface area contributed by atoms with E-state index in [2.05, 4.69) is 53.7 Å². The molecule has 184 valence electrons. The summed E-state index contributed by atoms with van der Waals surface area (Å²) in [5.41, 5.74) is 5.94. The molecule has 2 N–H and O–H groups in total. The van der Waals surface area contributed by atoms with E-state index in [-0.39, 0.29) is 22.4 Å². The quantitative estimate of drug-likeness (QED) is 0.219. The number of aliphatic hydroxyl groups is 1. The van der Waals surface area contributed by atoms with Crippen LogP contribution in [0.15, 0.2) is 66.7 Å². The van der Waals surface area contributed by atoms with Gasteiger partial charge in [-0.1, -0.05) is 108 Å². The van der Waals surface area contributed by atoms with Crippen LogP contribution in [0.4, 0.5) is 0 Å². The number of allylic oxidation sites excluding steroid dienone is 1. The molecule has 0 aromatic heterocycles. The molecule has 0 atom stereocenters. The number of ketones is 1. The van der Waals surface area contributed by atoms with Crippen LogP contribution in [0.25, 0.3) is 5.76 Å². The number of benzene rings is 3. The molecular formula is C32H38O3. The predicted octanol–water partition coefficient (Wildman–Crippen LogP) is 7.86. The van der Waals surface area contributed by atoms with Gasteiger partial charge in [-0.25, -0.2) is 0 Å². The molecule has 0 radical (unpaired) electrons. The fourth-order valence-electron chi connectivity index (χ4n) is 4.15. The standard InChI is InChI=1S/C32H38O3/c1-21-12-14-23(15-13-21)28(33)20-29(34)26-11-9-8-10-22(26)16-17-24-18-25(31(2,3)4)19-27(30(24)35)32(5,6)7/h8-15,18-20,33,35H,16-17H2,1-7H3. The van der Waals surface area contributed by atoms with Crippen LogP contribution in [0.5, 0.6) is 5.75 Å². The summed E-state index contributed by atoms with van der Waals surface area (Å²) in [7, 11) is 0. The first-order chi connectivity index (χ1) is 16.3. The summed E-state index contributed by atoms with van der Waals surface area (Å²) in [6.45, 7) is 14.8. The highest BCUT2D eigenvalue weighted by Gasteiger charge is 2.25. The van der Waals surface area contributed by atoms with Crippen LogP contribution >= 0.6 is 0 Å². The van der Waals surface area contributed by atoms with Crippen LogP contribution < -0.4 is 0 Å². The van der Waals surface area contributed by atoms with Gasteiger partial charge in [-0.15, -0.1) is 0 Å². The fourth-order valence-corrected chi connectivity index (χ4v) is 4.15. The Bertz CT molecular complexity index is 1230. The molecule has 0 aliphatic heterocycles. The lowest BCUT2D eigenvalue weighted by molar-refractivity contribution is 0.104. The molecule has 0 bridgehead atoms. The number of hydrogen-bond donors (Lipinski definition) is 2. The lowest BCUT2D eigenvalue weighted by Crippen LogP contribution is -2.17. The van der Waals surface area contributed by atoms with Crippen molar-refractivity contribution in [3.05, 3.63) is 106 Å². The molecule has 3 aromatic carbocycles. The molecule has 0 unspecified atom stereocenters. The van der Waals surface area contributed by atoms with Crippen LogP contribution in [0.2, 0.25) is 0 Å². The molecule has 0 aliphatic carbocycles. The fraction of sp³-hybridized carbons (Fsp3) is 0.344. The van der Waals surface area contributed by atoms with E-state index in [0.29, 0.717) is 29.7 Å². The van der Waals surface area contributed by atoms with Crippen molar-refractivity contribution >= 4 is 11.5 Å². The summed E-state index contributed by atoms with van der Waals surface area (Å²) in [4.78, 5) is 13.1. The number of aryl methyl sites for hydroxylation is 3. The number of aliphatic hydroxyl groups excluding tert-OH is 1. The zero-order chi connectivity index (χ0) is 26.0. The largest absolute Gasteiger partial charge is 0.507 e. The van der Waals surface area contributed by atoms with Crippen molar-refractivity contribution in [2.45, 2.75) is 72.1 Å². The Labute approximate surface area is 210 Å². The normalized spacial score (nSPS) is 12.6. The second-order valence-corrected chi connectivity index (χ2v) is 11.4. The number of phenols is 1. The molecule has 35 heavy (non-hydrogen) atoms. The third-order valence-corrected chi connectivity index (χ3v) is 6.42. The van der Waals surface area contributed by atoms with Gasteiger partial charge in [-0.2, -0.15) is 0 Å². The number of aromatic hydroxyl groups is 1. The molecule has 0 amide bonds. The van der Waals surface area contributed by atoms with Crippen molar-refractivity contribution in [2.24, 2.45) is 0 Å². The van der Waals surface area contributed by atoms with E-state index < -0.39 is 0 Å². The molecule has 0 spiro atoms. The highest BCUT2D eigenvalue weighted by Crippen LogP contribution is 2.38. The molecule has 3 nitrogen and oxygen atoms in total. The SMILES string of the molecule is Cc1ccc(C(O)=CC(=O)c2ccccc2CCc2cc(C(C)(C)C)cc(C(C)(C)C)c2O)cc1. The van der Waals surface area contributed by atoms with Gasteiger partial charge in [-0.05, 0) is 52.8 Å². The van der Waals surface area contributed by atoms with Gasteiger partial charge >= 0.3 is 0 Å². The van der Waals surface area contributed by atoms with Gasteiger partial charge in [0.25, 0.3) is 0 Å². The van der Waals surface area contributed by atoms with Crippen LogP contribution in [-0.4, -0.2) is 16.0 Å². The van der Waals surface area contributed by atoms with E-state index in [1.165, 1.54) is 11.6 Å². The van der Waals surface area contributed by atoms with Gasteiger partial charge in [0.05, 0.1) is 0 Å². The summed E-state index contributed by atoms with van der Waals surface area (Å²) in [5.74, 6) is 0.0584. The minimum Gasteiger partial charge on any atom is -0.507 e. The smallest absolute Gasteiger partial charge is 0.189 e. The molecule has 3 heteroatoms. The molecule has 0 heterocycles. The van der Waals surface area contributed by atoms with E-state index in [1.807, 2.05) is 37.3 Å². The van der Waals surface area contributed by atoms with E-state index >= 15 is 0 Å². The van der Waals surface area contributed by atoms with Crippen LogP contribution in [0.3, 0.4) is 0 Å². The average molecular weight is 471 g/mol. The Kier molecular flexibility index (Phi) is 7.59. The Morgan fingerprint density at radius 2 is 1.43 bits per heavy atom. The number of carbonyl (C=O) groups excluding carboxylic acids is 1. The molecule has 3 aromatic rings. The summed E-state index contributed by atoms with van der Waals surface area (Å²) < 4.78 is 0. The van der Waals surface area contributed by atoms with Crippen molar-refractivity contribution in [1.29, 1.82) is 0 Å². The van der Waals surface area contributed by atoms with Crippen LogP contribution in [-0.2, 0) is 23.7 Å². The molecule has 3 rings (SSSR count). The van der Waals surface area contributed by atoms with Gasteiger partial charge in [-0.3, -0.25) is 4.79 Å². The van der Waals surface area contributed by atoms with Crippen molar-refractivity contribution < 1.29 is 15.0 Å². The molecular weight excluding hydrogens is 432 g/mol. The van der Waals surface area contributed by atoms with E-state index in [0.717, 1.165) is 22.3 Å². The third-order valence-electron chi connectivity index (χ3n) is 6.42. The van der Waals surface area contributed by atoms with Crippen LogP contribution in [0, 0.1) is 6.92 Å². The maximum atomic E-state index is 13.1. The molecule has 0 saturated heterocycles. The van der Waals surface area contributed by atoms with Crippen LogP contribution in [0.1, 0.15) is 85.3 Å². The predicted molar refractivity (Wildman–Crippen MR) is 145 cm³/mol. The first-order valence-corrected chi connectivity index (χ1v) is 12.2. The zero-order valence-electron chi connectivity index (χ0n) is 22.1. The minimum atomic E-state index is -0.235.